The monoisotopic (exact) mass is 421 g/mol. The highest BCUT2D eigenvalue weighted by molar-refractivity contribution is 8.00. The van der Waals surface area contributed by atoms with E-state index in [-0.39, 0.29) is 23.3 Å². The Morgan fingerprint density at radius 1 is 0.966 bits per heavy atom. The third kappa shape index (κ3) is 4.75. The number of nitrogens with one attached hydrogen (secondary N) is 2. The smallest absolute Gasteiger partial charge is 0.236 e. The van der Waals surface area contributed by atoms with Crippen LogP contribution in [-0.2, 0) is 9.59 Å². The van der Waals surface area contributed by atoms with E-state index < -0.39 is 0 Å². The predicted octanol–water partition coefficient (Wildman–Crippen LogP) is 5.07. The first kappa shape index (κ1) is 19.4. The number of anilines is 2. The minimum atomic E-state index is -0.165. The molecule has 1 heterocycles. The van der Waals surface area contributed by atoms with Crippen molar-refractivity contribution in [1.29, 1.82) is 0 Å². The Morgan fingerprint density at radius 3 is 2.59 bits per heavy atom. The van der Waals surface area contributed by atoms with E-state index in [0.717, 1.165) is 32.2 Å². The molecule has 0 atom stereocenters. The molecule has 4 rings (SSSR count). The number of fused-ring (bicyclic) bond motifs is 3. The molecule has 4 aromatic rings. The average Bonchev–Trinajstić information content (AvgIpc) is 3.11. The van der Waals surface area contributed by atoms with Gasteiger partial charge < -0.3 is 10.6 Å². The molecule has 29 heavy (non-hydrogen) atoms. The summed E-state index contributed by atoms with van der Waals surface area (Å²) in [7, 11) is 0. The second-order valence-corrected chi connectivity index (χ2v) is 8.63. The summed E-state index contributed by atoms with van der Waals surface area (Å²) in [5, 5.41) is 8.45. The molecule has 0 saturated carbocycles. The fourth-order valence-electron chi connectivity index (χ4n) is 3.03. The van der Waals surface area contributed by atoms with Gasteiger partial charge in [-0.2, -0.15) is 0 Å². The minimum absolute atomic E-state index is 0.125. The van der Waals surface area contributed by atoms with E-state index in [9.17, 15) is 9.59 Å². The number of hydrogen-bond acceptors (Lipinski definition) is 5. The normalized spacial score (nSPS) is 10.9. The van der Waals surface area contributed by atoms with Crippen molar-refractivity contribution in [2.45, 2.75) is 6.92 Å². The maximum Gasteiger partial charge on any atom is 0.236 e. The molecular weight excluding hydrogens is 402 g/mol. The van der Waals surface area contributed by atoms with Crippen molar-refractivity contribution < 1.29 is 9.59 Å². The van der Waals surface area contributed by atoms with Crippen LogP contribution >= 0.6 is 23.1 Å². The Morgan fingerprint density at radius 2 is 1.76 bits per heavy atom. The zero-order valence-corrected chi connectivity index (χ0v) is 17.4. The number of nitrogens with zero attached hydrogens (tertiary/aromatic N) is 1. The van der Waals surface area contributed by atoms with Gasteiger partial charge in [0, 0.05) is 11.1 Å². The molecule has 0 aliphatic heterocycles. The van der Waals surface area contributed by atoms with Gasteiger partial charge in [0.15, 0.2) is 5.13 Å². The first-order valence-corrected chi connectivity index (χ1v) is 11.1. The number of thioether (sulfide) groups is 1. The number of rotatable bonds is 6. The predicted molar refractivity (Wildman–Crippen MR) is 123 cm³/mol. The van der Waals surface area contributed by atoms with Crippen LogP contribution < -0.4 is 10.6 Å². The molecule has 0 saturated heterocycles. The van der Waals surface area contributed by atoms with E-state index in [1.165, 1.54) is 23.1 Å². The van der Waals surface area contributed by atoms with Crippen molar-refractivity contribution in [2.75, 3.05) is 22.1 Å². The van der Waals surface area contributed by atoms with E-state index in [1.807, 2.05) is 61.5 Å². The summed E-state index contributed by atoms with van der Waals surface area (Å²) in [6, 6.07) is 19.8. The number of thiazole rings is 1. The van der Waals surface area contributed by atoms with Crippen LogP contribution in [0.3, 0.4) is 0 Å². The molecule has 0 aliphatic carbocycles. The van der Waals surface area contributed by atoms with Crippen LogP contribution in [0.5, 0.6) is 0 Å². The van der Waals surface area contributed by atoms with Crippen LogP contribution in [0.15, 0.2) is 60.7 Å². The molecule has 0 spiro atoms. The highest BCUT2D eigenvalue weighted by Crippen LogP contribution is 2.31. The number of hydrogen-bond donors (Lipinski definition) is 2. The molecule has 3 aromatic carbocycles. The maximum atomic E-state index is 12.2. The lowest BCUT2D eigenvalue weighted by Crippen LogP contribution is -2.18. The topological polar surface area (TPSA) is 71.1 Å². The van der Waals surface area contributed by atoms with Crippen LogP contribution in [0.2, 0.25) is 0 Å². The van der Waals surface area contributed by atoms with Crippen LogP contribution in [0.1, 0.15) is 5.56 Å². The third-order valence-electron chi connectivity index (χ3n) is 4.30. The van der Waals surface area contributed by atoms with Crippen LogP contribution in [0, 0.1) is 6.92 Å². The van der Waals surface area contributed by atoms with Crippen molar-refractivity contribution in [3.05, 3.63) is 66.2 Å². The zero-order valence-electron chi connectivity index (χ0n) is 15.8. The summed E-state index contributed by atoms with van der Waals surface area (Å²) < 4.78 is 1.03. The number of carbonyl (C=O) groups excluding carboxylic acids is 2. The molecule has 5 nitrogen and oxygen atoms in total. The number of carbonyl (C=O) groups is 2. The van der Waals surface area contributed by atoms with E-state index in [1.54, 1.807) is 0 Å². The Labute approximate surface area is 176 Å². The Bertz CT molecular complexity index is 1200. The number of amides is 2. The second-order valence-electron chi connectivity index (χ2n) is 6.61. The first-order chi connectivity index (χ1) is 14.1. The lowest BCUT2D eigenvalue weighted by molar-refractivity contribution is -0.114. The highest BCUT2D eigenvalue weighted by atomic mass is 32.2. The standard InChI is InChI=1S/C22H19N3O2S2/c1-14-5-4-7-16(11-14)23-19(26)12-28-13-20(27)24-22-25-21-17-8-3-2-6-15(17)9-10-18(21)29-22/h2-11H,12-13H2,1H3,(H,23,26)(H,24,25,27). The molecule has 2 amide bonds. The Kier molecular flexibility index (Phi) is 5.78. The summed E-state index contributed by atoms with van der Waals surface area (Å²) in [6.07, 6.45) is 0. The Hall–Kier alpha value is -2.90. The van der Waals surface area contributed by atoms with Gasteiger partial charge in [0.25, 0.3) is 0 Å². The summed E-state index contributed by atoms with van der Waals surface area (Å²) in [4.78, 5) is 28.9. The summed E-state index contributed by atoms with van der Waals surface area (Å²) in [5.41, 5.74) is 2.74. The molecule has 7 heteroatoms. The van der Waals surface area contributed by atoms with Crippen molar-refractivity contribution in [1.82, 2.24) is 4.98 Å². The van der Waals surface area contributed by atoms with Crippen molar-refractivity contribution >= 4 is 66.7 Å². The van der Waals surface area contributed by atoms with Gasteiger partial charge in [-0.1, -0.05) is 53.8 Å². The van der Waals surface area contributed by atoms with Gasteiger partial charge >= 0.3 is 0 Å². The third-order valence-corrected chi connectivity index (χ3v) is 6.17. The zero-order chi connectivity index (χ0) is 20.2. The summed E-state index contributed by atoms with van der Waals surface area (Å²) in [6.45, 7) is 1.97. The van der Waals surface area contributed by atoms with Gasteiger partial charge in [-0.05, 0) is 36.1 Å². The molecular formula is C22H19N3O2S2. The summed E-state index contributed by atoms with van der Waals surface area (Å²) >= 11 is 2.73. The molecule has 0 unspecified atom stereocenters. The molecule has 0 aliphatic rings. The molecule has 0 fully saturated rings. The lowest BCUT2D eigenvalue weighted by Gasteiger charge is -2.06. The Balaban J connectivity index is 1.31. The van der Waals surface area contributed by atoms with Crippen LogP contribution in [0.4, 0.5) is 10.8 Å². The van der Waals surface area contributed by atoms with Gasteiger partial charge in [-0.25, -0.2) is 4.98 Å². The number of benzene rings is 3. The van der Waals surface area contributed by atoms with Gasteiger partial charge in [-0.3, -0.25) is 9.59 Å². The van der Waals surface area contributed by atoms with Gasteiger partial charge in [0.2, 0.25) is 11.8 Å². The van der Waals surface area contributed by atoms with Crippen molar-refractivity contribution in [3.8, 4) is 0 Å². The quantitative estimate of drug-likeness (QED) is 0.456. The van der Waals surface area contributed by atoms with E-state index >= 15 is 0 Å². The molecule has 0 bridgehead atoms. The van der Waals surface area contributed by atoms with Gasteiger partial charge in [0.05, 0.1) is 21.7 Å². The molecule has 2 N–H and O–H groups in total. The highest BCUT2D eigenvalue weighted by Gasteiger charge is 2.11. The van der Waals surface area contributed by atoms with E-state index in [2.05, 4.69) is 21.7 Å². The largest absolute Gasteiger partial charge is 0.325 e. The summed E-state index contributed by atoms with van der Waals surface area (Å²) in [5.74, 6) is 0.116. The van der Waals surface area contributed by atoms with Gasteiger partial charge in [-0.15, -0.1) is 11.8 Å². The molecule has 146 valence electrons. The fraction of sp³-hybridized carbons (Fsp3) is 0.136. The fourth-order valence-corrected chi connectivity index (χ4v) is 4.54. The first-order valence-electron chi connectivity index (χ1n) is 9.11. The van der Waals surface area contributed by atoms with Crippen LogP contribution in [-0.4, -0.2) is 28.3 Å². The van der Waals surface area contributed by atoms with Crippen LogP contribution in [0.25, 0.3) is 21.0 Å². The lowest BCUT2D eigenvalue weighted by atomic mass is 10.1. The maximum absolute atomic E-state index is 12.2. The molecule has 0 radical (unpaired) electrons. The van der Waals surface area contributed by atoms with E-state index in [4.69, 9.17) is 0 Å². The van der Waals surface area contributed by atoms with Crippen molar-refractivity contribution in [2.24, 2.45) is 0 Å². The molecule has 1 aromatic heterocycles. The number of aromatic nitrogens is 1. The second kappa shape index (κ2) is 8.63. The SMILES string of the molecule is Cc1cccc(NC(=O)CSCC(=O)Nc2nc3c(ccc4ccccc43)s2)c1. The minimum Gasteiger partial charge on any atom is -0.325 e. The number of aryl methyl sites for hydroxylation is 1. The van der Waals surface area contributed by atoms with E-state index in [0.29, 0.717) is 5.13 Å². The average molecular weight is 422 g/mol. The van der Waals surface area contributed by atoms with Gasteiger partial charge in [0.1, 0.15) is 0 Å². The van der Waals surface area contributed by atoms with Crippen molar-refractivity contribution in [3.63, 3.8) is 0 Å².